The van der Waals surface area contributed by atoms with Gasteiger partial charge in [-0.15, -0.1) is 0 Å². The lowest BCUT2D eigenvalue weighted by atomic mass is 10.1. The molecule has 5 nitrogen and oxygen atoms in total. The van der Waals surface area contributed by atoms with Crippen LogP contribution < -0.4 is 10.6 Å². The summed E-state index contributed by atoms with van der Waals surface area (Å²) in [5.74, 6) is -1.50. The summed E-state index contributed by atoms with van der Waals surface area (Å²) in [5.41, 5.74) is 1.77. The van der Waals surface area contributed by atoms with E-state index in [9.17, 15) is 13.6 Å². The lowest BCUT2D eigenvalue weighted by Crippen LogP contribution is -2.33. The Morgan fingerprint density at radius 3 is 2.48 bits per heavy atom. The number of nitrogens with one attached hydrogen (secondary N) is 2. The summed E-state index contributed by atoms with van der Waals surface area (Å²) in [5, 5.41) is 5.49. The summed E-state index contributed by atoms with van der Waals surface area (Å²) in [6, 6.07) is 3.78. The molecule has 1 amide bonds. The van der Waals surface area contributed by atoms with E-state index in [4.69, 9.17) is 0 Å². The first kappa shape index (κ1) is 17.2. The van der Waals surface area contributed by atoms with E-state index >= 15 is 0 Å². The molecule has 2 heterocycles. The smallest absolute Gasteiger partial charge is 0.274 e. The molecular formula is C18H18F2N4O. The van der Waals surface area contributed by atoms with Gasteiger partial charge < -0.3 is 10.6 Å². The maximum atomic E-state index is 14.2. The van der Waals surface area contributed by atoms with Gasteiger partial charge in [-0.2, -0.15) is 0 Å². The van der Waals surface area contributed by atoms with Crippen molar-refractivity contribution in [1.29, 1.82) is 0 Å². The Balaban J connectivity index is 1.83. The number of amides is 1. The summed E-state index contributed by atoms with van der Waals surface area (Å²) < 4.78 is 28.4. The zero-order valence-corrected chi connectivity index (χ0v) is 14.0. The van der Waals surface area contributed by atoms with E-state index in [1.165, 1.54) is 6.08 Å². The summed E-state index contributed by atoms with van der Waals surface area (Å²) in [4.78, 5) is 20.6. The average molecular weight is 344 g/mol. The molecule has 0 radical (unpaired) electrons. The Kier molecular flexibility index (Phi) is 4.85. The topological polar surface area (TPSA) is 66.9 Å². The van der Waals surface area contributed by atoms with Gasteiger partial charge in [-0.3, -0.25) is 4.79 Å². The molecule has 0 aliphatic carbocycles. The largest absolute Gasteiger partial charge is 0.320 e. The maximum absolute atomic E-state index is 14.2. The fourth-order valence-corrected chi connectivity index (χ4v) is 2.49. The van der Waals surface area contributed by atoms with Crippen molar-refractivity contribution in [2.75, 3.05) is 18.4 Å². The van der Waals surface area contributed by atoms with Crippen LogP contribution in [0.1, 0.15) is 34.5 Å². The minimum Gasteiger partial charge on any atom is -0.320 e. The first-order valence-corrected chi connectivity index (χ1v) is 8.01. The zero-order chi connectivity index (χ0) is 18.0. The number of aromatic nitrogens is 2. The average Bonchev–Trinajstić information content (AvgIpc) is 2.51. The summed E-state index contributed by atoms with van der Waals surface area (Å²) >= 11 is 0. The highest BCUT2D eigenvalue weighted by Gasteiger charge is 2.16. The van der Waals surface area contributed by atoms with Gasteiger partial charge in [0.2, 0.25) is 0 Å². The second-order valence-corrected chi connectivity index (χ2v) is 5.86. The Morgan fingerprint density at radius 1 is 1.24 bits per heavy atom. The molecule has 1 fully saturated rings. The van der Waals surface area contributed by atoms with Crippen LogP contribution in [0.5, 0.6) is 0 Å². The number of rotatable bonds is 4. The highest BCUT2D eigenvalue weighted by molar-refractivity contribution is 6.03. The Hall–Kier alpha value is -2.67. The maximum Gasteiger partial charge on any atom is 0.274 e. The van der Waals surface area contributed by atoms with Crippen molar-refractivity contribution in [2.45, 2.75) is 20.3 Å². The van der Waals surface area contributed by atoms with Crippen molar-refractivity contribution in [3.05, 3.63) is 58.2 Å². The number of aryl methyl sites for hydroxylation is 2. The third kappa shape index (κ3) is 3.88. The molecule has 2 aromatic rings. The normalized spacial score (nSPS) is 13.4. The van der Waals surface area contributed by atoms with Crippen molar-refractivity contribution in [3.8, 4) is 0 Å². The second kappa shape index (κ2) is 7.06. The zero-order valence-electron chi connectivity index (χ0n) is 14.0. The number of nitrogens with zero attached hydrogens (tertiary/aromatic N) is 2. The van der Waals surface area contributed by atoms with E-state index < -0.39 is 17.5 Å². The van der Waals surface area contributed by atoms with Gasteiger partial charge in [-0.1, -0.05) is 6.92 Å². The lowest BCUT2D eigenvalue weighted by molar-refractivity contribution is 0.102. The minimum absolute atomic E-state index is 0.0446. The van der Waals surface area contributed by atoms with Crippen LogP contribution >= 0.6 is 0 Å². The van der Waals surface area contributed by atoms with Crippen LogP contribution in [0.3, 0.4) is 0 Å². The molecule has 3 rings (SSSR count). The number of hydrogen-bond donors (Lipinski definition) is 2. The summed E-state index contributed by atoms with van der Waals surface area (Å²) in [6.45, 7) is 4.86. The first-order chi connectivity index (χ1) is 12.0. The predicted octanol–water partition coefficient (Wildman–Crippen LogP) is 2.86. The number of anilines is 1. The second-order valence-electron chi connectivity index (χ2n) is 5.86. The number of carbonyl (C=O) groups is 1. The van der Waals surface area contributed by atoms with Gasteiger partial charge in [-0.05, 0) is 43.2 Å². The van der Waals surface area contributed by atoms with Gasteiger partial charge in [0.05, 0.1) is 0 Å². The van der Waals surface area contributed by atoms with Crippen LogP contribution in [0, 0.1) is 18.6 Å². The molecule has 0 unspecified atom stereocenters. The highest BCUT2D eigenvalue weighted by Crippen LogP contribution is 2.22. The van der Waals surface area contributed by atoms with E-state index in [0.29, 0.717) is 25.3 Å². The van der Waals surface area contributed by atoms with E-state index in [1.54, 1.807) is 13.0 Å². The van der Waals surface area contributed by atoms with Crippen LogP contribution in [0.25, 0.3) is 6.08 Å². The Morgan fingerprint density at radius 2 is 1.92 bits per heavy atom. The van der Waals surface area contributed by atoms with Crippen molar-refractivity contribution in [2.24, 2.45) is 0 Å². The SMILES string of the molecule is CCc1cc(C(=O)Nc2cc(F)c(C=C3CNC3)c(F)c2)nc(C)n1. The van der Waals surface area contributed by atoms with Crippen LogP contribution in [-0.2, 0) is 6.42 Å². The van der Waals surface area contributed by atoms with Crippen LogP contribution in [0.2, 0.25) is 0 Å². The summed E-state index contributed by atoms with van der Waals surface area (Å²) in [6.07, 6.45) is 2.15. The van der Waals surface area contributed by atoms with Crippen LogP contribution in [0.4, 0.5) is 14.5 Å². The molecule has 1 aliphatic rings. The van der Waals surface area contributed by atoms with Gasteiger partial charge >= 0.3 is 0 Å². The molecule has 1 aromatic heterocycles. The number of hydrogen-bond acceptors (Lipinski definition) is 4. The third-order valence-corrected chi connectivity index (χ3v) is 3.88. The van der Waals surface area contributed by atoms with Crippen LogP contribution in [-0.4, -0.2) is 29.0 Å². The molecule has 7 heteroatoms. The van der Waals surface area contributed by atoms with Gasteiger partial charge in [-0.25, -0.2) is 18.7 Å². The van der Waals surface area contributed by atoms with Gasteiger partial charge in [0.1, 0.15) is 23.2 Å². The third-order valence-electron chi connectivity index (χ3n) is 3.88. The minimum atomic E-state index is -0.720. The number of halogens is 2. The van der Waals surface area contributed by atoms with Crippen molar-refractivity contribution in [1.82, 2.24) is 15.3 Å². The lowest BCUT2D eigenvalue weighted by Gasteiger charge is -2.18. The number of benzene rings is 1. The van der Waals surface area contributed by atoms with Gasteiger partial charge in [0, 0.05) is 30.0 Å². The van der Waals surface area contributed by atoms with E-state index in [1.807, 2.05) is 6.92 Å². The summed E-state index contributed by atoms with van der Waals surface area (Å²) in [7, 11) is 0. The predicted molar refractivity (Wildman–Crippen MR) is 91.3 cm³/mol. The first-order valence-electron chi connectivity index (χ1n) is 8.01. The molecule has 25 heavy (non-hydrogen) atoms. The fraction of sp³-hybridized carbons (Fsp3) is 0.278. The van der Waals surface area contributed by atoms with E-state index in [-0.39, 0.29) is 16.9 Å². The van der Waals surface area contributed by atoms with Gasteiger partial charge in [0.25, 0.3) is 5.91 Å². The van der Waals surface area contributed by atoms with Crippen LogP contribution in [0.15, 0.2) is 23.8 Å². The molecular weight excluding hydrogens is 326 g/mol. The van der Waals surface area contributed by atoms with E-state index in [0.717, 1.165) is 23.4 Å². The monoisotopic (exact) mass is 344 g/mol. The Labute approximate surface area is 144 Å². The van der Waals surface area contributed by atoms with E-state index in [2.05, 4.69) is 20.6 Å². The molecule has 2 N–H and O–H groups in total. The molecule has 0 saturated carbocycles. The van der Waals surface area contributed by atoms with Crippen molar-refractivity contribution in [3.63, 3.8) is 0 Å². The molecule has 1 saturated heterocycles. The standard InChI is InChI=1S/C18H18F2N4O/c1-3-12-7-17(23-10(2)22-12)18(25)24-13-5-15(19)14(16(20)6-13)4-11-8-21-9-11/h4-7,21H,3,8-9H2,1-2H3,(H,24,25). The molecule has 1 aromatic carbocycles. The van der Waals surface area contributed by atoms with Crippen molar-refractivity contribution < 1.29 is 13.6 Å². The highest BCUT2D eigenvalue weighted by atomic mass is 19.1. The fourth-order valence-electron chi connectivity index (χ4n) is 2.49. The molecule has 1 aliphatic heterocycles. The quantitative estimate of drug-likeness (QED) is 0.895. The molecule has 0 spiro atoms. The molecule has 0 bridgehead atoms. The number of carbonyl (C=O) groups excluding carboxylic acids is 1. The molecule has 0 atom stereocenters. The van der Waals surface area contributed by atoms with Crippen molar-refractivity contribution >= 4 is 17.7 Å². The Bertz CT molecular complexity index is 835. The molecule has 130 valence electrons. The van der Waals surface area contributed by atoms with Gasteiger partial charge in [0.15, 0.2) is 0 Å².